The molecule has 8 nitrogen and oxygen atoms in total. The molecule has 3 aromatic rings. The lowest BCUT2D eigenvalue weighted by Crippen LogP contribution is -2.46. The fourth-order valence-corrected chi connectivity index (χ4v) is 4.44. The van der Waals surface area contributed by atoms with Crippen LogP contribution < -0.4 is 10.5 Å². The average Bonchev–Trinajstić information content (AvgIpc) is 2.99. The lowest BCUT2D eigenvalue weighted by atomic mass is 9.91. The molecular formula is C17H19N5O3S. The minimum atomic E-state index is -3.66. The third-order valence-corrected chi connectivity index (χ3v) is 6.20. The highest BCUT2D eigenvalue weighted by Crippen LogP contribution is 2.29. The summed E-state index contributed by atoms with van der Waals surface area (Å²) in [7, 11) is -3.66. The number of hydrogen-bond donors (Lipinski definition) is 3. The zero-order chi connectivity index (χ0) is 18.5. The summed E-state index contributed by atoms with van der Waals surface area (Å²) in [6.45, 7) is 1.91. The van der Waals surface area contributed by atoms with Crippen LogP contribution in [-0.2, 0) is 10.0 Å². The Kier molecular flexibility index (Phi) is 3.94. The highest BCUT2D eigenvalue weighted by atomic mass is 32.2. The van der Waals surface area contributed by atoms with Crippen molar-refractivity contribution in [2.75, 3.05) is 5.73 Å². The molecule has 0 saturated heterocycles. The number of nitrogens with two attached hydrogens (primary N) is 1. The summed E-state index contributed by atoms with van der Waals surface area (Å²) in [5.74, 6) is 0.311. The first kappa shape index (κ1) is 17.0. The molecule has 1 aliphatic rings. The minimum Gasteiger partial charge on any atom is -0.393 e. The Morgan fingerprint density at radius 2 is 2.08 bits per heavy atom. The number of aliphatic hydroxyl groups excluding tert-OH is 1. The van der Waals surface area contributed by atoms with Gasteiger partial charge >= 0.3 is 0 Å². The molecule has 0 amide bonds. The van der Waals surface area contributed by atoms with Gasteiger partial charge in [0.1, 0.15) is 0 Å². The van der Waals surface area contributed by atoms with Gasteiger partial charge in [0.15, 0.2) is 11.5 Å². The Morgan fingerprint density at radius 3 is 2.81 bits per heavy atom. The predicted octanol–water partition coefficient (Wildman–Crippen LogP) is 1.09. The van der Waals surface area contributed by atoms with Crippen molar-refractivity contribution in [3.05, 3.63) is 42.4 Å². The summed E-state index contributed by atoms with van der Waals surface area (Å²) in [6, 6.07) is 4.76. The second-order valence-corrected chi connectivity index (χ2v) is 8.28. The first-order valence-electron chi connectivity index (χ1n) is 8.24. The molecule has 136 valence electrons. The van der Waals surface area contributed by atoms with Crippen molar-refractivity contribution < 1.29 is 13.5 Å². The number of nitrogens with zero attached hydrogens (tertiary/aromatic N) is 3. The minimum absolute atomic E-state index is 0.177. The van der Waals surface area contributed by atoms with Crippen LogP contribution in [0.2, 0.25) is 0 Å². The summed E-state index contributed by atoms with van der Waals surface area (Å²) < 4.78 is 29.7. The van der Waals surface area contributed by atoms with E-state index in [-0.39, 0.29) is 10.9 Å². The molecule has 0 bridgehead atoms. The van der Waals surface area contributed by atoms with Gasteiger partial charge in [0.2, 0.25) is 10.0 Å². The Bertz CT molecular complexity index is 1090. The van der Waals surface area contributed by atoms with Crippen LogP contribution in [0, 0.1) is 6.92 Å². The lowest BCUT2D eigenvalue weighted by molar-refractivity contribution is 0.0712. The SMILES string of the molecule is Cc1ccc(S(=O)(=O)N[C@H]2C[C@H](O)C2)cc1-c1cnc2c(N)nccn12. The number of rotatable bonds is 4. The topological polar surface area (TPSA) is 123 Å². The van der Waals surface area contributed by atoms with E-state index in [1.165, 1.54) is 0 Å². The van der Waals surface area contributed by atoms with Gasteiger partial charge in [-0.15, -0.1) is 0 Å². The van der Waals surface area contributed by atoms with Gasteiger partial charge in [-0.2, -0.15) is 0 Å². The van der Waals surface area contributed by atoms with Crippen molar-refractivity contribution in [2.24, 2.45) is 0 Å². The molecule has 0 atom stereocenters. The summed E-state index contributed by atoms with van der Waals surface area (Å²) in [5.41, 5.74) is 8.78. The molecule has 0 radical (unpaired) electrons. The van der Waals surface area contributed by atoms with E-state index in [0.29, 0.717) is 24.3 Å². The van der Waals surface area contributed by atoms with Crippen molar-refractivity contribution >= 4 is 21.5 Å². The summed E-state index contributed by atoms with van der Waals surface area (Å²) in [5, 5.41) is 9.35. The van der Waals surface area contributed by atoms with Crippen molar-refractivity contribution in [1.29, 1.82) is 0 Å². The molecule has 0 aliphatic heterocycles. The quantitative estimate of drug-likeness (QED) is 0.629. The third kappa shape index (κ3) is 2.83. The highest BCUT2D eigenvalue weighted by Gasteiger charge is 2.31. The van der Waals surface area contributed by atoms with E-state index in [1.54, 1.807) is 41.2 Å². The van der Waals surface area contributed by atoms with Gasteiger partial charge in [-0.1, -0.05) is 6.07 Å². The van der Waals surface area contributed by atoms with Crippen LogP contribution in [0.15, 0.2) is 41.7 Å². The Balaban J connectivity index is 1.76. The molecule has 9 heteroatoms. The van der Waals surface area contributed by atoms with E-state index in [4.69, 9.17) is 5.73 Å². The van der Waals surface area contributed by atoms with Crippen molar-refractivity contribution in [3.63, 3.8) is 0 Å². The first-order valence-corrected chi connectivity index (χ1v) is 9.72. The molecule has 1 aliphatic carbocycles. The van der Waals surface area contributed by atoms with Gasteiger partial charge in [-0.25, -0.2) is 23.1 Å². The number of aliphatic hydroxyl groups is 1. The van der Waals surface area contributed by atoms with E-state index in [2.05, 4.69) is 14.7 Å². The Morgan fingerprint density at radius 1 is 1.31 bits per heavy atom. The molecule has 26 heavy (non-hydrogen) atoms. The van der Waals surface area contributed by atoms with Crippen molar-refractivity contribution in [1.82, 2.24) is 19.1 Å². The van der Waals surface area contributed by atoms with Crippen LogP contribution >= 0.6 is 0 Å². The number of sulfonamides is 1. The van der Waals surface area contributed by atoms with Crippen LogP contribution in [-0.4, -0.2) is 40.0 Å². The Labute approximate surface area is 150 Å². The van der Waals surface area contributed by atoms with Gasteiger partial charge in [0.05, 0.1) is 22.9 Å². The number of benzene rings is 1. The van der Waals surface area contributed by atoms with Gasteiger partial charge in [-0.05, 0) is 37.5 Å². The monoisotopic (exact) mass is 373 g/mol. The number of imidazole rings is 1. The molecule has 1 aromatic carbocycles. The molecule has 2 heterocycles. The maximum Gasteiger partial charge on any atom is 0.240 e. The average molecular weight is 373 g/mol. The number of hydrogen-bond acceptors (Lipinski definition) is 6. The largest absolute Gasteiger partial charge is 0.393 e. The number of anilines is 1. The number of nitrogen functional groups attached to an aromatic ring is 1. The smallest absolute Gasteiger partial charge is 0.240 e. The van der Waals surface area contributed by atoms with E-state index in [9.17, 15) is 13.5 Å². The fraction of sp³-hybridized carbons (Fsp3) is 0.294. The second kappa shape index (κ2) is 6.04. The van der Waals surface area contributed by atoms with Gasteiger partial charge in [0.25, 0.3) is 0 Å². The predicted molar refractivity (Wildman–Crippen MR) is 96.9 cm³/mol. The van der Waals surface area contributed by atoms with Crippen LogP contribution in [0.4, 0.5) is 5.82 Å². The molecule has 2 aromatic heterocycles. The zero-order valence-corrected chi connectivity index (χ0v) is 14.9. The molecule has 1 saturated carbocycles. The van der Waals surface area contributed by atoms with Crippen molar-refractivity contribution in [3.8, 4) is 11.3 Å². The van der Waals surface area contributed by atoms with Crippen molar-refractivity contribution in [2.45, 2.75) is 36.8 Å². The van der Waals surface area contributed by atoms with E-state index >= 15 is 0 Å². The van der Waals surface area contributed by atoms with Gasteiger partial charge < -0.3 is 10.8 Å². The maximum absolute atomic E-state index is 12.6. The van der Waals surface area contributed by atoms with E-state index in [1.807, 2.05) is 6.92 Å². The van der Waals surface area contributed by atoms with Crippen LogP contribution in [0.25, 0.3) is 16.9 Å². The lowest BCUT2D eigenvalue weighted by Gasteiger charge is -2.31. The molecule has 0 spiro atoms. The van der Waals surface area contributed by atoms with Gasteiger partial charge in [-0.3, -0.25) is 4.40 Å². The molecular weight excluding hydrogens is 354 g/mol. The number of aromatic nitrogens is 3. The maximum atomic E-state index is 12.6. The molecule has 0 unspecified atom stereocenters. The standard InChI is InChI=1S/C17H19N5O3S/c1-10-2-3-13(26(24,25)21-11-6-12(23)7-11)8-14(10)15-9-20-17-16(18)19-4-5-22(15)17/h2-5,8-9,11-12,21,23H,6-7H2,1H3,(H2,18,19)/t11-,12-. The van der Waals surface area contributed by atoms with Crippen LogP contribution in [0.3, 0.4) is 0 Å². The summed E-state index contributed by atoms with van der Waals surface area (Å²) in [6.07, 6.45) is 5.43. The highest BCUT2D eigenvalue weighted by molar-refractivity contribution is 7.89. The van der Waals surface area contributed by atoms with Crippen LogP contribution in [0.5, 0.6) is 0 Å². The first-order chi connectivity index (χ1) is 12.3. The number of aryl methyl sites for hydroxylation is 1. The molecule has 4 rings (SSSR count). The fourth-order valence-electron chi connectivity index (χ4n) is 3.15. The summed E-state index contributed by atoms with van der Waals surface area (Å²) >= 11 is 0. The number of fused-ring (bicyclic) bond motifs is 1. The normalized spacial score (nSPS) is 20.2. The third-order valence-electron chi connectivity index (χ3n) is 4.69. The summed E-state index contributed by atoms with van der Waals surface area (Å²) in [4.78, 5) is 8.48. The van der Waals surface area contributed by atoms with E-state index < -0.39 is 16.1 Å². The van der Waals surface area contributed by atoms with E-state index in [0.717, 1.165) is 16.8 Å². The number of nitrogens with one attached hydrogen (secondary N) is 1. The second-order valence-electron chi connectivity index (χ2n) is 6.57. The molecule has 4 N–H and O–H groups in total. The Hall–Kier alpha value is -2.49. The molecule has 1 fully saturated rings. The van der Waals surface area contributed by atoms with Crippen LogP contribution in [0.1, 0.15) is 18.4 Å². The van der Waals surface area contributed by atoms with Gasteiger partial charge in [0, 0.05) is 24.0 Å². The zero-order valence-electron chi connectivity index (χ0n) is 14.1.